The molecule has 0 N–H and O–H groups in total. The van der Waals surface area contributed by atoms with Gasteiger partial charge in [-0.1, -0.05) is 131 Å². The lowest BCUT2D eigenvalue weighted by Crippen LogP contribution is -2.14. The van der Waals surface area contributed by atoms with Gasteiger partial charge in [0.1, 0.15) is 0 Å². The number of hydrogen-bond acceptors (Lipinski definition) is 2. The van der Waals surface area contributed by atoms with E-state index < -0.39 is 0 Å². The number of unbranched alkanes of at least 4 members (excludes halogenated alkanes) is 12. The Labute approximate surface area is 286 Å². The highest BCUT2D eigenvalue weighted by Crippen LogP contribution is 2.26. The molecule has 0 aromatic heterocycles. The molecular weight excluding hydrogens is 556 g/mol. The van der Waals surface area contributed by atoms with Crippen LogP contribution in [0.3, 0.4) is 0 Å². The molecule has 0 aliphatic carbocycles. The molecule has 0 atom stereocenters. The highest BCUT2D eigenvalue weighted by molar-refractivity contribution is 6.43. The third-order valence-electron chi connectivity index (χ3n) is 9.47. The average Bonchev–Trinajstić information content (AvgIpc) is 3.07. The van der Waals surface area contributed by atoms with E-state index in [1.54, 1.807) is 0 Å². The average molecular weight is 629 g/mol. The van der Waals surface area contributed by atoms with E-state index in [1.807, 2.05) is 0 Å². The number of benzene rings is 2. The summed E-state index contributed by atoms with van der Waals surface area (Å²) in [5.74, 6) is 0. The van der Waals surface area contributed by atoms with Crippen molar-refractivity contribution in [3.8, 4) is 0 Å². The normalized spacial score (nSPS) is 12.3. The molecule has 2 aromatic carbocycles. The van der Waals surface area contributed by atoms with Crippen LogP contribution >= 0.6 is 0 Å². The van der Waals surface area contributed by atoms with Gasteiger partial charge in [0.15, 0.2) is 0 Å². The van der Waals surface area contributed by atoms with Gasteiger partial charge in [0, 0.05) is 0 Å². The Morgan fingerprint density at radius 2 is 0.696 bits per heavy atom. The Balaban J connectivity index is 2.56. The second kappa shape index (κ2) is 25.8. The zero-order valence-electron chi connectivity index (χ0n) is 31.3. The molecule has 0 bridgehead atoms. The van der Waals surface area contributed by atoms with E-state index in [9.17, 15) is 0 Å². The topological polar surface area (TPSA) is 24.7 Å². The molecule has 0 aliphatic heterocycles. The fourth-order valence-electron chi connectivity index (χ4n) is 6.42. The lowest BCUT2D eigenvalue weighted by molar-refractivity contribution is 0.616. The van der Waals surface area contributed by atoms with E-state index >= 15 is 0 Å². The highest BCUT2D eigenvalue weighted by atomic mass is 14.8. The third-order valence-corrected chi connectivity index (χ3v) is 9.47. The van der Waals surface area contributed by atoms with Crippen molar-refractivity contribution in [2.75, 3.05) is 0 Å². The fraction of sp³-hybridized carbons (Fsp3) is 0.682. The van der Waals surface area contributed by atoms with Crippen LogP contribution in [-0.2, 0) is 25.7 Å². The van der Waals surface area contributed by atoms with Crippen molar-refractivity contribution in [2.45, 2.75) is 196 Å². The van der Waals surface area contributed by atoms with Crippen LogP contribution in [0.2, 0.25) is 0 Å². The maximum Gasteiger partial charge on any atom is 0.0636 e. The number of aliphatic imine (C=N–C) groups is 2. The second-order valence-corrected chi connectivity index (χ2v) is 13.8. The largest absolute Gasteiger partial charge is 0.252 e. The van der Waals surface area contributed by atoms with E-state index in [4.69, 9.17) is 9.98 Å². The van der Waals surface area contributed by atoms with Gasteiger partial charge in [-0.05, 0) is 124 Å². The predicted molar refractivity (Wildman–Crippen MR) is 208 cm³/mol. The van der Waals surface area contributed by atoms with Crippen LogP contribution in [0.15, 0.2) is 46.4 Å². The van der Waals surface area contributed by atoms with Crippen molar-refractivity contribution in [3.63, 3.8) is 0 Å². The summed E-state index contributed by atoms with van der Waals surface area (Å²) in [4.78, 5) is 11.0. The van der Waals surface area contributed by atoms with Crippen molar-refractivity contribution < 1.29 is 0 Å². The first-order valence-electron chi connectivity index (χ1n) is 20.0. The van der Waals surface area contributed by atoms with Crippen LogP contribution < -0.4 is 0 Å². The Morgan fingerprint density at radius 3 is 1.09 bits per heavy atom. The molecule has 258 valence electrons. The highest BCUT2D eigenvalue weighted by Gasteiger charge is 2.13. The molecule has 2 aromatic rings. The third kappa shape index (κ3) is 16.1. The Kier molecular flexibility index (Phi) is 22.4. The van der Waals surface area contributed by atoms with Gasteiger partial charge in [0.05, 0.1) is 22.8 Å². The molecule has 0 unspecified atom stereocenters. The summed E-state index contributed by atoms with van der Waals surface area (Å²) in [6.07, 6.45) is 29.5. The van der Waals surface area contributed by atoms with Gasteiger partial charge in [-0.3, -0.25) is 9.98 Å². The van der Waals surface area contributed by atoms with Gasteiger partial charge < -0.3 is 0 Å². The van der Waals surface area contributed by atoms with Crippen LogP contribution in [0, 0.1) is 0 Å². The fourth-order valence-corrected chi connectivity index (χ4v) is 6.42. The molecule has 0 aliphatic rings. The molecule has 0 radical (unpaired) electrons. The first-order valence-corrected chi connectivity index (χ1v) is 20.0. The van der Waals surface area contributed by atoms with Gasteiger partial charge in [-0.15, -0.1) is 0 Å². The van der Waals surface area contributed by atoms with Gasteiger partial charge in [0.25, 0.3) is 0 Å². The smallest absolute Gasteiger partial charge is 0.0636 e. The van der Waals surface area contributed by atoms with Crippen molar-refractivity contribution in [2.24, 2.45) is 9.98 Å². The summed E-state index contributed by atoms with van der Waals surface area (Å²) < 4.78 is 0. The summed E-state index contributed by atoms with van der Waals surface area (Å²) in [5.41, 5.74) is 10.8. The van der Waals surface area contributed by atoms with Crippen molar-refractivity contribution in [3.05, 3.63) is 58.7 Å². The summed E-state index contributed by atoms with van der Waals surface area (Å²) >= 11 is 0. The molecule has 0 amide bonds. The van der Waals surface area contributed by atoms with Crippen molar-refractivity contribution >= 4 is 22.8 Å². The van der Waals surface area contributed by atoms with Gasteiger partial charge in [0.2, 0.25) is 0 Å². The van der Waals surface area contributed by atoms with E-state index in [0.29, 0.717) is 0 Å². The molecule has 46 heavy (non-hydrogen) atoms. The van der Waals surface area contributed by atoms with Crippen molar-refractivity contribution in [1.82, 2.24) is 0 Å². The lowest BCUT2D eigenvalue weighted by atomic mass is 9.96. The van der Waals surface area contributed by atoms with Crippen LogP contribution in [-0.4, -0.2) is 11.4 Å². The van der Waals surface area contributed by atoms with Crippen LogP contribution in [0.5, 0.6) is 0 Å². The molecule has 0 heterocycles. The minimum atomic E-state index is 1.02. The molecule has 2 nitrogen and oxygen atoms in total. The Hall–Kier alpha value is -2.22. The first kappa shape index (κ1) is 40.0. The minimum Gasteiger partial charge on any atom is -0.252 e. The van der Waals surface area contributed by atoms with Crippen LogP contribution in [0.1, 0.15) is 192 Å². The number of aryl methyl sites for hydroxylation is 4. The predicted octanol–water partition coefficient (Wildman–Crippen LogP) is 14.6. The van der Waals surface area contributed by atoms with E-state index in [2.05, 4.69) is 77.9 Å². The van der Waals surface area contributed by atoms with Gasteiger partial charge in [-0.2, -0.15) is 0 Å². The van der Waals surface area contributed by atoms with Gasteiger partial charge in [-0.25, -0.2) is 0 Å². The molecule has 0 saturated carbocycles. The standard InChI is InChI=1S/C44H72N2/c1-7-13-19-21-22-24-30-44(46-42-34-32-38(26-16-10-4)40(36-42)28-18-12-6)43(29-23-20-14-8-2)45-41-33-31-37(25-15-9-3)39(35-41)27-17-11-5/h31-36H,7-30H2,1-6H3. The summed E-state index contributed by atoms with van der Waals surface area (Å²) in [7, 11) is 0. The Morgan fingerprint density at radius 1 is 0.370 bits per heavy atom. The zero-order valence-corrected chi connectivity index (χ0v) is 31.3. The SMILES string of the molecule is CCCCCCCCC(=Nc1ccc(CCCC)c(CCCC)c1)C(CCCCCC)=Nc1ccc(CCCC)c(CCCC)c1. The minimum absolute atomic E-state index is 1.02. The maximum absolute atomic E-state index is 5.49. The number of nitrogens with zero attached hydrogens (tertiary/aromatic N) is 2. The Bertz CT molecular complexity index is 1120. The van der Waals surface area contributed by atoms with E-state index in [-0.39, 0.29) is 0 Å². The number of rotatable bonds is 27. The van der Waals surface area contributed by atoms with Crippen molar-refractivity contribution in [1.29, 1.82) is 0 Å². The molecule has 2 heteroatoms. The summed E-state index contributed by atoms with van der Waals surface area (Å²) in [5, 5.41) is 0. The number of hydrogen-bond donors (Lipinski definition) is 0. The lowest BCUT2D eigenvalue weighted by Gasteiger charge is -2.15. The first-order chi connectivity index (χ1) is 22.6. The molecule has 2 rings (SSSR count). The maximum atomic E-state index is 5.49. The molecular formula is C44H72N2. The monoisotopic (exact) mass is 629 g/mol. The molecule has 0 saturated heterocycles. The van der Waals surface area contributed by atoms with E-state index in [0.717, 1.165) is 37.1 Å². The second-order valence-electron chi connectivity index (χ2n) is 13.8. The van der Waals surface area contributed by atoms with Crippen LogP contribution in [0.25, 0.3) is 0 Å². The quantitative estimate of drug-likeness (QED) is 0.0694. The zero-order chi connectivity index (χ0) is 33.2. The van der Waals surface area contributed by atoms with Gasteiger partial charge >= 0.3 is 0 Å². The summed E-state index contributed by atoms with van der Waals surface area (Å²) in [6, 6.07) is 14.2. The molecule has 0 fully saturated rings. The van der Waals surface area contributed by atoms with Crippen LogP contribution in [0.4, 0.5) is 11.4 Å². The molecule has 0 spiro atoms. The van der Waals surface area contributed by atoms with E-state index in [1.165, 1.54) is 162 Å². The summed E-state index contributed by atoms with van der Waals surface area (Å²) in [6.45, 7) is 13.8.